The van der Waals surface area contributed by atoms with Gasteiger partial charge in [0.05, 0.1) is 13.2 Å². The van der Waals surface area contributed by atoms with Gasteiger partial charge >= 0.3 is 0 Å². The summed E-state index contributed by atoms with van der Waals surface area (Å²) in [6.07, 6.45) is -0.783. The van der Waals surface area contributed by atoms with E-state index >= 15 is 0 Å². The molecule has 0 radical (unpaired) electrons. The normalized spacial score (nSPS) is 12.8. The van der Waals surface area contributed by atoms with Crippen LogP contribution in [-0.2, 0) is 0 Å². The Kier molecular flexibility index (Phi) is 5.78. The number of thioether (sulfide) groups is 1. The highest BCUT2D eigenvalue weighted by atomic mass is 32.2. The summed E-state index contributed by atoms with van der Waals surface area (Å²) < 4.78 is 18.7. The van der Waals surface area contributed by atoms with Crippen molar-refractivity contribution in [2.75, 3.05) is 18.6 Å². The van der Waals surface area contributed by atoms with Gasteiger partial charge in [0.2, 0.25) is 0 Å². The van der Waals surface area contributed by atoms with Crippen molar-refractivity contribution in [3.63, 3.8) is 0 Å². The molecule has 0 aliphatic rings. The Bertz CT molecular complexity index is 355. The second-order valence-corrected chi connectivity index (χ2v) is 5.39. The zero-order chi connectivity index (χ0) is 12.8. The molecule has 0 saturated carbocycles. The maximum Gasteiger partial charge on any atom is 0.170 e. The molecule has 0 aliphatic carbocycles. The summed E-state index contributed by atoms with van der Waals surface area (Å²) in [4.78, 5) is 0. The first-order valence-electron chi connectivity index (χ1n) is 5.64. The number of hydrogen-bond acceptors (Lipinski definition) is 3. The first-order chi connectivity index (χ1) is 8.06. The highest BCUT2D eigenvalue weighted by Gasteiger charge is 2.16. The first-order valence-corrected chi connectivity index (χ1v) is 6.80. The number of aliphatic hydroxyl groups is 1. The summed E-state index contributed by atoms with van der Waals surface area (Å²) in [7, 11) is 1.42. The first kappa shape index (κ1) is 14.3. The van der Waals surface area contributed by atoms with Crippen molar-refractivity contribution < 1.29 is 14.2 Å². The standard InChI is InChI=1S/C13H19FO2S/c1-9(2)7-17-8-11(15)10-5-4-6-12(16-3)13(10)14/h4-6,9,11,15H,7-8H2,1-3H3. The van der Waals surface area contributed by atoms with Crippen molar-refractivity contribution in [1.82, 2.24) is 0 Å². The average Bonchev–Trinajstić information content (AvgIpc) is 2.28. The molecule has 1 aromatic carbocycles. The van der Waals surface area contributed by atoms with Crippen LogP contribution in [0.4, 0.5) is 4.39 Å². The minimum atomic E-state index is -0.783. The molecule has 96 valence electrons. The molecular formula is C13H19FO2S. The molecule has 2 nitrogen and oxygen atoms in total. The predicted molar refractivity (Wildman–Crippen MR) is 70.1 cm³/mol. The van der Waals surface area contributed by atoms with Crippen molar-refractivity contribution in [3.05, 3.63) is 29.6 Å². The zero-order valence-electron chi connectivity index (χ0n) is 10.4. The summed E-state index contributed by atoms with van der Waals surface area (Å²) in [5, 5.41) is 9.92. The molecule has 17 heavy (non-hydrogen) atoms. The monoisotopic (exact) mass is 258 g/mol. The molecule has 0 spiro atoms. The van der Waals surface area contributed by atoms with Crippen LogP contribution in [0.3, 0.4) is 0 Å². The topological polar surface area (TPSA) is 29.5 Å². The Balaban J connectivity index is 2.65. The van der Waals surface area contributed by atoms with E-state index in [0.717, 1.165) is 5.75 Å². The van der Waals surface area contributed by atoms with E-state index in [9.17, 15) is 9.50 Å². The Labute approximate surface area is 106 Å². The van der Waals surface area contributed by atoms with Crippen LogP contribution < -0.4 is 4.74 Å². The molecule has 0 aromatic heterocycles. The lowest BCUT2D eigenvalue weighted by Crippen LogP contribution is -2.06. The van der Waals surface area contributed by atoms with E-state index in [1.165, 1.54) is 7.11 Å². The van der Waals surface area contributed by atoms with E-state index in [4.69, 9.17) is 4.74 Å². The zero-order valence-corrected chi connectivity index (χ0v) is 11.3. The lowest BCUT2D eigenvalue weighted by atomic mass is 10.1. The van der Waals surface area contributed by atoms with Gasteiger partial charge in [-0.2, -0.15) is 11.8 Å². The Hall–Kier alpha value is -0.740. The fraction of sp³-hybridized carbons (Fsp3) is 0.538. The van der Waals surface area contributed by atoms with Crippen molar-refractivity contribution in [1.29, 1.82) is 0 Å². The van der Waals surface area contributed by atoms with Crippen LogP contribution in [0.2, 0.25) is 0 Å². The summed E-state index contributed by atoms with van der Waals surface area (Å²) in [5.41, 5.74) is 0.306. The Morgan fingerprint density at radius 3 is 2.65 bits per heavy atom. The van der Waals surface area contributed by atoms with Crippen LogP contribution >= 0.6 is 11.8 Å². The van der Waals surface area contributed by atoms with Crippen molar-refractivity contribution in [2.45, 2.75) is 20.0 Å². The van der Waals surface area contributed by atoms with Gasteiger partial charge in [-0.05, 0) is 17.7 Å². The van der Waals surface area contributed by atoms with Crippen molar-refractivity contribution in [2.24, 2.45) is 5.92 Å². The average molecular weight is 258 g/mol. The van der Waals surface area contributed by atoms with Gasteiger partial charge in [-0.15, -0.1) is 0 Å². The molecule has 1 rings (SSSR count). The highest BCUT2D eigenvalue weighted by Crippen LogP contribution is 2.27. The molecule has 1 aromatic rings. The molecule has 1 atom stereocenters. The van der Waals surface area contributed by atoms with Gasteiger partial charge in [-0.1, -0.05) is 26.0 Å². The number of rotatable bonds is 6. The minimum Gasteiger partial charge on any atom is -0.494 e. The second kappa shape index (κ2) is 6.87. The van der Waals surface area contributed by atoms with Crippen LogP contribution in [0.5, 0.6) is 5.75 Å². The molecule has 0 fully saturated rings. The van der Waals surface area contributed by atoms with Crippen LogP contribution in [-0.4, -0.2) is 23.7 Å². The third-order valence-corrected chi connectivity index (χ3v) is 3.75. The number of methoxy groups -OCH3 is 1. The van der Waals surface area contributed by atoms with Gasteiger partial charge in [-0.25, -0.2) is 4.39 Å². The molecule has 0 heterocycles. The molecule has 0 saturated heterocycles. The molecule has 0 aliphatic heterocycles. The van der Waals surface area contributed by atoms with Gasteiger partial charge in [-0.3, -0.25) is 0 Å². The molecule has 1 N–H and O–H groups in total. The molecule has 0 bridgehead atoms. The van der Waals surface area contributed by atoms with E-state index < -0.39 is 11.9 Å². The molecule has 1 unspecified atom stereocenters. The van der Waals surface area contributed by atoms with Crippen LogP contribution in [0.15, 0.2) is 18.2 Å². The second-order valence-electron chi connectivity index (χ2n) is 4.31. The van der Waals surface area contributed by atoms with Gasteiger partial charge < -0.3 is 9.84 Å². The maximum atomic E-state index is 13.8. The van der Waals surface area contributed by atoms with Gasteiger partial charge in [0.25, 0.3) is 0 Å². The SMILES string of the molecule is COc1cccc(C(O)CSCC(C)C)c1F. The Morgan fingerprint density at radius 1 is 1.35 bits per heavy atom. The number of ether oxygens (including phenoxy) is 1. The summed E-state index contributed by atoms with van der Waals surface area (Å²) >= 11 is 1.63. The number of benzene rings is 1. The summed E-state index contributed by atoms with van der Waals surface area (Å²) in [6, 6.07) is 4.83. The number of aliphatic hydroxyl groups excluding tert-OH is 1. The summed E-state index contributed by atoms with van der Waals surface area (Å²) in [6.45, 7) is 4.23. The van der Waals surface area contributed by atoms with Gasteiger partial charge in [0.15, 0.2) is 11.6 Å². The third-order valence-electron chi connectivity index (χ3n) is 2.30. The smallest absolute Gasteiger partial charge is 0.170 e. The maximum absolute atomic E-state index is 13.8. The third kappa shape index (κ3) is 4.21. The predicted octanol–water partition coefficient (Wildman–Crippen LogP) is 3.26. The fourth-order valence-electron chi connectivity index (χ4n) is 1.45. The van der Waals surface area contributed by atoms with E-state index in [2.05, 4.69) is 13.8 Å². The van der Waals surface area contributed by atoms with Gasteiger partial charge in [0, 0.05) is 11.3 Å². The number of halogens is 1. The summed E-state index contributed by atoms with van der Waals surface area (Å²) in [5.74, 6) is 1.75. The number of hydrogen-bond donors (Lipinski definition) is 1. The highest BCUT2D eigenvalue weighted by molar-refractivity contribution is 7.99. The van der Waals surface area contributed by atoms with Crippen molar-refractivity contribution in [3.8, 4) is 5.75 Å². The van der Waals surface area contributed by atoms with Crippen molar-refractivity contribution >= 4 is 11.8 Å². The largest absolute Gasteiger partial charge is 0.494 e. The Morgan fingerprint density at radius 2 is 2.06 bits per heavy atom. The van der Waals surface area contributed by atoms with E-state index in [0.29, 0.717) is 17.2 Å². The van der Waals surface area contributed by atoms with Crippen LogP contribution in [0.25, 0.3) is 0 Å². The van der Waals surface area contributed by atoms with Gasteiger partial charge in [0.1, 0.15) is 0 Å². The lowest BCUT2D eigenvalue weighted by Gasteiger charge is -2.14. The van der Waals surface area contributed by atoms with Crippen LogP contribution in [0, 0.1) is 11.7 Å². The molecule has 4 heteroatoms. The molecular weight excluding hydrogens is 239 g/mol. The quantitative estimate of drug-likeness (QED) is 0.849. The minimum absolute atomic E-state index is 0.176. The van der Waals surface area contributed by atoms with E-state index in [1.807, 2.05) is 0 Å². The fourth-order valence-corrected chi connectivity index (χ4v) is 2.46. The molecule has 0 amide bonds. The van der Waals surface area contributed by atoms with E-state index in [-0.39, 0.29) is 5.75 Å². The van der Waals surface area contributed by atoms with E-state index in [1.54, 1.807) is 30.0 Å². The van der Waals surface area contributed by atoms with Crippen LogP contribution in [0.1, 0.15) is 25.5 Å². The lowest BCUT2D eigenvalue weighted by molar-refractivity contribution is 0.197.